The number of H-pyrrole nitrogens is 1. The van der Waals surface area contributed by atoms with Crippen molar-refractivity contribution in [2.75, 3.05) is 33.9 Å². The number of aromatic amines is 1. The van der Waals surface area contributed by atoms with Gasteiger partial charge in [-0.25, -0.2) is 0 Å². The van der Waals surface area contributed by atoms with Gasteiger partial charge in [0.2, 0.25) is 5.91 Å². The van der Waals surface area contributed by atoms with Gasteiger partial charge < -0.3 is 24.7 Å². The van der Waals surface area contributed by atoms with Gasteiger partial charge in [-0.15, -0.1) is 0 Å². The maximum Gasteiger partial charge on any atom is 0.270 e. The van der Waals surface area contributed by atoms with Crippen LogP contribution in [0, 0.1) is 5.92 Å². The van der Waals surface area contributed by atoms with Gasteiger partial charge in [0.25, 0.3) is 5.91 Å². The molecule has 0 saturated carbocycles. The first-order chi connectivity index (χ1) is 15.6. The summed E-state index contributed by atoms with van der Waals surface area (Å²) in [6.45, 7) is 1.64. The number of nitrogens with zero attached hydrogens (tertiary/aromatic N) is 1. The Morgan fingerprint density at radius 2 is 1.91 bits per heavy atom. The van der Waals surface area contributed by atoms with E-state index < -0.39 is 0 Å². The molecule has 1 aliphatic heterocycles. The first-order valence-corrected chi connectivity index (χ1v) is 10.9. The SMILES string of the molecule is COc1ccc(CCNC(=O)[C@H]2CCCN(C(=O)c3cc4ccccc4[nH]3)C2)cc1OC. The zero-order valence-electron chi connectivity index (χ0n) is 18.5. The highest BCUT2D eigenvalue weighted by Gasteiger charge is 2.29. The Hall–Kier alpha value is -3.48. The highest BCUT2D eigenvalue weighted by atomic mass is 16.5. The van der Waals surface area contributed by atoms with Crippen LogP contribution in [0.15, 0.2) is 48.5 Å². The van der Waals surface area contributed by atoms with Crippen molar-refractivity contribution < 1.29 is 19.1 Å². The molecule has 32 heavy (non-hydrogen) atoms. The lowest BCUT2D eigenvalue weighted by Crippen LogP contribution is -2.45. The zero-order chi connectivity index (χ0) is 22.5. The van der Waals surface area contributed by atoms with Gasteiger partial charge in [0.15, 0.2) is 11.5 Å². The molecule has 1 aromatic heterocycles. The molecule has 1 aliphatic rings. The van der Waals surface area contributed by atoms with Gasteiger partial charge in [-0.1, -0.05) is 24.3 Å². The van der Waals surface area contributed by atoms with E-state index in [4.69, 9.17) is 9.47 Å². The van der Waals surface area contributed by atoms with Crippen molar-refractivity contribution in [2.24, 2.45) is 5.92 Å². The highest BCUT2D eigenvalue weighted by molar-refractivity contribution is 5.98. The lowest BCUT2D eigenvalue weighted by Gasteiger charge is -2.31. The van der Waals surface area contributed by atoms with E-state index >= 15 is 0 Å². The number of carbonyl (C=O) groups excluding carboxylic acids is 2. The summed E-state index contributed by atoms with van der Waals surface area (Å²) in [7, 11) is 3.21. The number of benzene rings is 2. The highest BCUT2D eigenvalue weighted by Crippen LogP contribution is 2.27. The maximum atomic E-state index is 13.0. The number of likely N-dealkylation sites (tertiary alicyclic amines) is 1. The second-order valence-electron chi connectivity index (χ2n) is 8.09. The fourth-order valence-electron chi connectivity index (χ4n) is 4.25. The number of amides is 2. The zero-order valence-corrected chi connectivity index (χ0v) is 18.5. The molecule has 4 rings (SSSR count). The van der Waals surface area contributed by atoms with E-state index in [0.29, 0.717) is 43.2 Å². The Balaban J connectivity index is 1.32. The average Bonchev–Trinajstić information content (AvgIpc) is 3.27. The Labute approximate surface area is 187 Å². The van der Waals surface area contributed by atoms with Crippen LogP contribution in [0.3, 0.4) is 0 Å². The second kappa shape index (κ2) is 9.77. The Kier molecular flexibility index (Phi) is 6.63. The van der Waals surface area contributed by atoms with Gasteiger partial charge >= 0.3 is 0 Å². The number of aromatic nitrogens is 1. The molecule has 1 fully saturated rings. The van der Waals surface area contributed by atoms with Gasteiger partial charge in [0, 0.05) is 30.5 Å². The lowest BCUT2D eigenvalue weighted by molar-refractivity contribution is -0.126. The molecule has 0 aliphatic carbocycles. The summed E-state index contributed by atoms with van der Waals surface area (Å²) in [6.07, 6.45) is 2.30. The standard InChI is InChI=1S/C25H29N3O4/c1-31-22-10-9-17(14-23(22)32-2)11-12-26-24(29)19-7-5-13-28(16-19)25(30)21-15-18-6-3-4-8-20(18)27-21/h3-4,6,8-10,14-15,19,27H,5,7,11-13,16H2,1-2H3,(H,26,29)/t19-/m0/s1. The third-order valence-electron chi connectivity index (χ3n) is 6.00. The second-order valence-corrected chi connectivity index (χ2v) is 8.09. The van der Waals surface area contributed by atoms with E-state index in [9.17, 15) is 9.59 Å². The molecule has 7 heteroatoms. The summed E-state index contributed by atoms with van der Waals surface area (Å²) in [5.74, 6) is 1.11. The molecule has 0 bridgehead atoms. The van der Waals surface area contributed by atoms with Crippen LogP contribution in [0.4, 0.5) is 0 Å². The molecule has 2 N–H and O–H groups in total. The van der Waals surface area contributed by atoms with Crippen molar-refractivity contribution in [2.45, 2.75) is 19.3 Å². The first kappa shape index (κ1) is 21.7. The number of rotatable bonds is 7. The van der Waals surface area contributed by atoms with Crippen molar-refractivity contribution in [1.82, 2.24) is 15.2 Å². The van der Waals surface area contributed by atoms with E-state index in [-0.39, 0.29) is 17.7 Å². The summed E-state index contributed by atoms with van der Waals surface area (Å²) in [4.78, 5) is 30.7. The van der Waals surface area contributed by atoms with Crippen molar-refractivity contribution in [1.29, 1.82) is 0 Å². The number of methoxy groups -OCH3 is 2. The smallest absolute Gasteiger partial charge is 0.270 e. The third-order valence-corrected chi connectivity index (χ3v) is 6.00. The fourth-order valence-corrected chi connectivity index (χ4v) is 4.25. The number of carbonyl (C=O) groups is 2. The molecule has 7 nitrogen and oxygen atoms in total. The predicted octanol–water partition coefficient (Wildman–Crippen LogP) is 3.40. The predicted molar refractivity (Wildman–Crippen MR) is 123 cm³/mol. The van der Waals surface area contributed by atoms with E-state index in [1.807, 2.05) is 48.5 Å². The normalized spacial score (nSPS) is 16.1. The maximum absolute atomic E-state index is 13.0. The molecule has 0 radical (unpaired) electrons. The van der Waals surface area contributed by atoms with Crippen LogP contribution in [0.2, 0.25) is 0 Å². The molecule has 3 aromatic rings. The average molecular weight is 436 g/mol. The van der Waals surface area contributed by atoms with Crippen LogP contribution in [0.25, 0.3) is 10.9 Å². The minimum atomic E-state index is -0.192. The Bertz CT molecular complexity index is 1070. The Morgan fingerprint density at radius 1 is 1.09 bits per heavy atom. The first-order valence-electron chi connectivity index (χ1n) is 10.9. The summed E-state index contributed by atoms with van der Waals surface area (Å²) in [5, 5.41) is 4.04. The van der Waals surface area contributed by atoms with Crippen LogP contribution in [-0.4, -0.2) is 55.6 Å². The Morgan fingerprint density at radius 3 is 2.69 bits per heavy atom. The van der Waals surface area contributed by atoms with E-state index in [2.05, 4.69) is 10.3 Å². The van der Waals surface area contributed by atoms with Crippen LogP contribution < -0.4 is 14.8 Å². The monoisotopic (exact) mass is 435 g/mol. The van der Waals surface area contributed by atoms with Gasteiger partial charge in [-0.3, -0.25) is 9.59 Å². The van der Waals surface area contributed by atoms with Gasteiger partial charge in [0.05, 0.1) is 20.1 Å². The summed E-state index contributed by atoms with van der Waals surface area (Å²) < 4.78 is 10.6. The van der Waals surface area contributed by atoms with Gasteiger partial charge in [-0.2, -0.15) is 0 Å². The third kappa shape index (κ3) is 4.72. The summed E-state index contributed by atoms with van der Waals surface area (Å²) in [6, 6.07) is 15.5. The van der Waals surface area contributed by atoms with Crippen molar-refractivity contribution in [3.8, 4) is 11.5 Å². The molecular formula is C25H29N3O4. The number of hydrogen-bond acceptors (Lipinski definition) is 4. The largest absolute Gasteiger partial charge is 0.493 e. The van der Waals surface area contributed by atoms with E-state index in [0.717, 1.165) is 29.3 Å². The number of nitrogens with one attached hydrogen (secondary N) is 2. The van der Waals surface area contributed by atoms with Crippen LogP contribution >= 0.6 is 0 Å². The molecular weight excluding hydrogens is 406 g/mol. The van der Waals surface area contributed by atoms with E-state index in [1.165, 1.54) is 0 Å². The summed E-state index contributed by atoms with van der Waals surface area (Å²) in [5.41, 5.74) is 2.57. The molecule has 2 aromatic carbocycles. The fraction of sp³-hybridized carbons (Fsp3) is 0.360. The lowest BCUT2D eigenvalue weighted by atomic mass is 9.96. The molecule has 1 atom stereocenters. The number of ether oxygens (including phenoxy) is 2. The number of piperidine rings is 1. The van der Waals surface area contributed by atoms with Crippen molar-refractivity contribution in [3.63, 3.8) is 0 Å². The van der Waals surface area contributed by atoms with Crippen LogP contribution in [0.5, 0.6) is 11.5 Å². The summed E-state index contributed by atoms with van der Waals surface area (Å²) >= 11 is 0. The number of para-hydroxylation sites is 1. The minimum Gasteiger partial charge on any atom is -0.493 e. The van der Waals surface area contributed by atoms with Crippen LogP contribution in [0.1, 0.15) is 28.9 Å². The molecule has 2 heterocycles. The number of hydrogen-bond donors (Lipinski definition) is 2. The van der Waals surface area contributed by atoms with Gasteiger partial charge in [0.1, 0.15) is 5.69 Å². The topological polar surface area (TPSA) is 83.7 Å². The molecule has 0 spiro atoms. The van der Waals surface area contributed by atoms with Crippen LogP contribution in [-0.2, 0) is 11.2 Å². The number of fused-ring (bicyclic) bond motifs is 1. The van der Waals surface area contributed by atoms with Crippen molar-refractivity contribution in [3.05, 3.63) is 59.8 Å². The molecule has 2 amide bonds. The van der Waals surface area contributed by atoms with E-state index in [1.54, 1.807) is 19.1 Å². The van der Waals surface area contributed by atoms with Crippen molar-refractivity contribution >= 4 is 22.7 Å². The quantitative estimate of drug-likeness (QED) is 0.596. The minimum absolute atomic E-state index is 0.000349. The molecule has 168 valence electrons. The van der Waals surface area contributed by atoms with Gasteiger partial charge in [-0.05, 0) is 49.1 Å². The molecule has 1 saturated heterocycles. The molecule has 0 unspecified atom stereocenters.